The monoisotopic (exact) mass is 341 g/mol. The maximum Gasteiger partial charge on any atom is 0.237 e. The number of benzene rings is 1. The van der Waals surface area contributed by atoms with Crippen LogP contribution in [0.1, 0.15) is 63.5 Å². The summed E-state index contributed by atoms with van der Waals surface area (Å²) in [4.78, 5) is 15.2. The summed E-state index contributed by atoms with van der Waals surface area (Å²) in [7, 11) is 0. The minimum atomic E-state index is -0.00249. The van der Waals surface area contributed by atoms with E-state index in [0.717, 1.165) is 19.5 Å². The summed E-state index contributed by atoms with van der Waals surface area (Å²) >= 11 is 0. The molecule has 1 aliphatic carbocycles. The average Bonchev–Trinajstić information content (AvgIpc) is 3.31. The van der Waals surface area contributed by atoms with Crippen LogP contribution in [0.25, 0.3) is 0 Å². The fourth-order valence-electron chi connectivity index (χ4n) is 4.88. The third-order valence-electron chi connectivity index (χ3n) is 6.38. The Morgan fingerprint density at radius 3 is 2.80 bits per heavy atom. The van der Waals surface area contributed by atoms with E-state index in [0.29, 0.717) is 12.0 Å². The lowest BCUT2D eigenvalue weighted by molar-refractivity contribution is -0.123. The van der Waals surface area contributed by atoms with E-state index < -0.39 is 0 Å². The lowest BCUT2D eigenvalue weighted by Gasteiger charge is -2.24. The molecule has 1 aromatic carbocycles. The van der Waals surface area contributed by atoms with Crippen LogP contribution in [0.5, 0.6) is 0 Å². The number of carbonyl (C=O) groups excluding carboxylic acids is 1. The van der Waals surface area contributed by atoms with Crippen LogP contribution >= 0.6 is 0 Å². The van der Waals surface area contributed by atoms with Crippen molar-refractivity contribution >= 4 is 11.6 Å². The molecule has 4 unspecified atom stereocenters. The minimum absolute atomic E-state index is 0.00249. The van der Waals surface area contributed by atoms with E-state index in [1.165, 1.54) is 49.8 Å². The topological polar surface area (TPSA) is 44.4 Å². The number of hydrogen-bond acceptors (Lipinski definition) is 3. The van der Waals surface area contributed by atoms with Crippen LogP contribution in [0.15, 0.2) is 24.3 Å². The number of amides is 1. The second-order valence-corrected chi connectivity index (χ2v) is 8.13. The highest BCUT2D eigenvalue weighted by atomic mass is 16.2. The van der Waals surface area contributed by atoms with Crippen molar-refractivity contribution in [3.63, 3.8) is 0 Å². The first kappa shape index (κ1) is 16.9. The van der Waals surface area contributed by atoms with Crippen molar-refractivity contribution < 1.29 is 4.79 Å². The Kier molecular flexibility index (Phi) is 4.98. The van der Waals surface area contributed by atoms with Gasteiger partial charge in [-0.05, 0) is 62.6 Å². The molecular formula is C21H31N3O. The molecule has 1 amide bonds. The molecule has 0 spiro atoms. The molecule has 1 aromatic rings. The number of fused-ring (bicyclic) bond motifs is 1. The molecular weight excluding hydrogens is 310 g/mol. The molecule has 2 N–H and O–H groups in total. The molecule has 4 atom stereocenters. The molecule has 3 fully saturated rings. The normalized spacial score (nSPS) is 30.1. The van der Waals surface area contributed by atoms with E-state index in [1.807, 2.05) is 0 Å². The van der Waals surface area contributed by atoms with Gasteiger partial charge < -0.3 is 15.5 Å². The fourth-order valence-corrected chi connectivity index (χ4v) is 4.88. The van der Waals surface area contributed by atoms with Gasteiger partial charge in [-0.3, -0.25) is 4.79 Å². The highest BCUT2D eigenvalue weighted by Crippen LogP contribution is 2.33. The van der Waals surface area contributed by atoms with E-state index in [2.05, 4.69) is 46.7 Å². The summed E-state index contributed by atoms with van der Waals surface area (Å²) in [5.41, 5.74) is 2.49. The van der Waals surface area contributed by atoms with Crippen LogP contribution in [0, 0.1) is 5.92 Å². The predicted octanol–water partition coefficient (Wildman–Crippen LogP) is 3.38. The van der Waals surface area contributed by atoms with Crippen LogP contribution in [0.3, 0.4) is 0 Å². The van der Waals surface area contributed by atoms with E-state index in [-0.39, 0.29) is 18.0 Å². The molecule has 2 heterocycles. The molecule has 3 aliphatic rings. The summed E-state index contributed by atoms with van der Waals surface area (Å²) in [6, 6.07) is 9.31. The molecule has 0 aromatic heterocycles. The summed E-state index contributed by atoms with van der Waals surface area (Å²) in [5, 5.41) is 6.83. The Balaban J connectivity index is 1.37. The number of rotatable bonds is 4. The maximum absolute atomic E-state index is 12.7. The summed E-state index contributed by atoms with van der Waals surface area (Å²) < 4.78 is 0. The quantitative estimate of drug-likeness (QED) is 0.882. The lowest BCUT2D eigenvalue weighted by Crippen LogP contribution is -2.43. The molecule has 4 nitrogen and oxygen atoms in total. The zero-order valence-corrected chi connectivity index (χ0v) is 15.3. The Labute approximate surface area is 151 Å². The van der Waals surface area contributed by atoms with Crippen molar-refractivity contribution in [3.05, 3.63) is 29.8 Å². The maximum atomic E-state index is 12.7. The molecule has 0 radical (unpaired) electrons. The Morgan fingerprint density at radius 1 is 1.20 bits per heavy atom. The Bertz CT molecular complexity index is 597. The first-order chi connectivity index (χ1) is 12.2. The van der Waals surface area contributed by atoms with Gasteiger partial charge in [-0.25, -0.2) is 0 Å². The predicted molar refractivity (Wildman–Crippen MR) is 102 cm³/mol. The molecule has 2 saturated heterocycles. The number of nitrogens with zero attached hydrogens (tertiary/aromatic N) is 1. The van der Waals surface area contributed by atoms with E-state index in [1.54, 1.807) is 0 Å². The van der Waals surface area contributed by atoms with Crippen LogP contribution in [0.2, 0.25) is 0 Å². The first-order valence-corrected chi connectivity index (χ1v) is 10.1. The van der Waals surface area contributed by atoms with Gasteiger partial charge in [0.2, 0.25) is 5.91 Å². The first-order valence-electron chi connectivity index (χ1n) is 10.1. The number of anilines is 1. The van der Waals surface area contributed by atoms with Gasteiger partial charge in [0.15, 0.2) is 0 Å². The van der Waals surface area contributed by atoms with E-state index in [9.17, 15) is 4.79 Å². The smallest absolute Gasteiger partial charge is 0.237 e. The summed E-state index contributed by atoms with van der Waals surface area (Å²) in [5.74, 6) is 0.881. The minimum Gasteiger partial charge on any atom is -0.372 e. The third kappa shape index (κ3) is 3.69. The van der Waals surface area contributed by atoms with Crippen molar-refractivity contribution in [2.45, 2.75) is 70.0 Å². The van der Waals surface area contributed by atoms with Crippen LogP contribution in [-0.4, -0.2) is 31.1 Å². The lowest BCUT2D eigenvalue weighted by atomic mass is 9.85. The second kappa shape index (κ2) is 7.36. The van der Waals surface area contributed by atoms with Gasteiger partial charge in [-0.1, -0.05) is 25.0 Å². The van der Waals surface area contributed by atoms with Gasteiger partial charge >= 0.3 is 0 Å². The van der Waals surface area contributed by atoms with Crippen molar-refractivity contribution in [1.29, 1.82) is 0 Å². The SMILES string of the molecule is CC(NC(=O)C1CC2CCCCC2N1)c1cccc(N2CCCC2)c1. The highest BCUT2D eigenvalue weighted by Gasteiger charge is 2.38. The Hall–Kier alpha value is -1.55. The second-order valence-electron chi connectivity index (χ2n) is 8.13. The number of hydrogen-bond donors (Lipinski definition) is 2. The van der Waals surface area contributed by atoms with Gasteiger partial charge in [0, 0.05) is 24.8 Å². The third-order valence-corrected chi connectivity index (χ3v) is 6.38. The summed E-state index contributed by atoms with van der Waals surface area (Å²) in [6.45, 7) is 4.40. The molecule has 2 aliphatic heterocycles. The zero-order chi connectivity index (χ0) is 17.2. The van der Waals surface area contributed by atoms with Crippen molar-refractivity contribution in [2.75, 3.05) is 18.0 Å². The molecule has 25 heavy (non-hydrogen) atoms. The van der Waals surface area contributed by atoms with Gasteiger partial charge in [0.05, 0.1) is 12.1 Å². The van der Waals surface area contributed by atoms with Crippen LogP contribution in [-0.2, 0) is 4.79 Å². The van der Waals surface area contributed by atoms with Crippen molar-refractivity contribution in [2.24, 2.45) is 5.92 Å². The van der Waals surface area contributed by atoms with E-state index >= 15 is 0 Å². The molecule has 1 saturated carbocycles. The average molecular weight is 341 g/mol. The van der Waals surface area contributed by atoms with Crippen molar-refractivity contribution in [3.8, 4) is 0 Å². The zero-order valence-electron chi connectivity index (χ0n) is 15.3. The van der Waals surface area contributed by atoms with Gasteiger partial charge in [-0.2, -0.15) is 0 Å². The number of nitrogens with one attached hydrogen (secondary N) is 2. The van der Waals surface area contributed by atoms with Gasteiger partial charge in [0.25, 0.3) is 0 Å². The van der Waals surface area contributed by atoms with Gasteiger partial charge in [0.1, 0.15) is 0 Å². The molecule has 136 valence electrons. The standard InChI is InChI=1S/C21H31N3O/c1-15(16-8-6-9-18(13-16)24-11-4-5-12-24)22-21(25)20-14-17-7-2-3-10-19(17)23-20/h6,8-9,13,15,17,19-20,23H,2-5,7,10-12,14H2,1H3,(H,22,25). The highest BCUT2D eigenvalue weighted by molar-refractivity contribution is 5.82. The van der Waals surface area contributed by atoms with Crippen molar-refractivity contribution in [1.82, 2.24) is 10.6 Å². The van der Waals surface area contributed by atoms with E-state index in [4.69, 9.17) is 0 Å². The molecule has 0 bridgehead atoms. The largest absolute Gasteiger partial charge is 0.372 e. The molecule has 4 rings (SSSR count). The molecule has 4 heteroatoms. The Morgan fingerprint density at radius 2 is 2.00 bits per heavy atom. The van der Waals surface area contributed by atoms with Gasteiger partial charge in [-0.15, -0.1) is 0 Å². The van der Waals surface area contributed by atoms with Crippen LogP contribution in [0.4, 0.5) is 5.69 Å². The fraction of sp³-hybridized carbons (Fsp3) is 0.667. The summed E-state index contributed by atoms with van der Waals surface area (Å²) in [6.07, 6.45) is 8.74. The number of carbonyl (C=O) groups is 1. The van der Waals surface area contributed by atoms with Crippen LogP contribution < -0.4 is 15.5 Å².